The van der Waals surface area contributed by atoms with Crippen LogP contribution in [0.2, 0.25) is 0 Å². The van der Waals surface area contributed by atoms with Crippen molar-refractivity contribution in [3.8, 4) is 0 Å². The maximum atomic E-state index is 11.6. The Morgan fingerprint density at radius 2 is 2.32 bits per heavy atom. The van der Waals surface area contributed by atoms with Crippen molar-refractivity contribution in [2.75, 3.05) is 37.0 Å². The number of carbonyl (C=O) groups excluding carboxylic acids is 1. The Labute approximate surface area is 146 Å². The van der Waals surface area contributed by atoms with Crippen molar-refractivity contribution in [1.82, 2.24) is 15.3 Å². The number of aromatic nitrogens is 2. The van der Waals surface area contributed by atoms with E-state index in [1.54, 1.807) is 19.2 Å². The molecule has 0 aromatic carbocycles. The lowest BCUT2D eigenvalue weighted by molar-refractivity contribution is 0.0934. The third-order valence-electron chi connectivity index (χ3n) is 4.42. The fourth-order valence-corrected chi connectivity index (χ4v) is 3.05. The molecule has 1 atom stereocenters. The zero-order valence-electron chi connectivity index (χ0n) is 14.5. The molecule has 0 saturated carbocycles. The first kappa shape index (κ1) is 17.2. The Bertz CT molecular complexity index is 733. The van der Waals surface area contributed by atoms with Gasteiger partial charge in [0.15, 0.2) is 5.76 Å². The number of aliphatic hydroxyl groups is 1. The first-order valence-corrected chi connectivity index (χ1v) is 8.34. The number of furan rings is 1. The van der Waals surface area contributed by atoms with Gasteiger partial charge in [-0.25, -0.2) is 9.97 Å². The number of carbonyl (C=O) groups is 1. The second-order valence-corrected chi connectivity index (χ2v) is 6.11. The lowest BCUT2D eigenvalue weighted by Crippen LogP contribution is -2.33. The largest absolute Gasteiger partial charge is 0.454 e. The predicted octanol–water partition coefficient (Wildman–Crippen LogP) is 1.03. The minimum Gasteiger partial charge on any atom is -0.454 e. The van der Waals surface area contributed by atoms with Gasteiger partial charge in [0.2, 0.25) is 0 Å². The highest BCUT2D eigenvalue weighted by molar-refractivity contribution is 5.91. The molecule has 3 heterocycles. The molecule has 8 nitrogen and oxygen atoms in total. The summed E-state index contributed by atoms with van der Waals surface area (Å²) in [5.74, 6) is 2.29. The molecule has 25 heavy (non-hydrogen) atoms. The summed E-state index contributed by atoms with van der Waals surface area (Å²) in [6, 6.07) is 5.47. The van der Waals surface area contributed by atoms with Crippen molar-refractivity contribution >= 4 is 17.5 Å². The standard InChI is InChI=1S/C17H23N5O3/c1-18-17(24)14-6-5-13(25-14)9-21(2)15-8-16(20-11-19-15)22-7-3-4-12(22)10-23/h5-6,8,11-12,23H,3-4,7,9-10H2,1-2H3,(H,18,24). The van der Waals surface area contributed by atoms with E-state index >= 15 is 0 Å². The third-order valence-corrected chi connectivity index (χ3v) is 4.42. The quantitative estimate of drug-likeness (QED) is 0.807. The van der Waals surface area contributed by atoms with Crippen LogP contribution in [0.3, 0.4) is 0 Å². The molecule has 1 saturated heterocycles. The van der Waals surface area contributed by atoms with Crippen LogP contribution < -0.4 is 15.1 Å². The lowest BCUT2D eigenvalue weighted by Gasteiger charge is -2.25. The minimum atomic E-state index is -0.248. The van der Waals surface area contributed by atoms with Gasteiger partial charge < -0.3 is 24.6 Å². The zero-order chi connectivity index (χ0) is 17.8. The van der Waals surface area contributed by atoms with Gasteiger partial charge in [0.1, 0.15) is 23.7 Å². The number of nitrogens with one attached hydrogen (secondary N) is 1. The smallest absolute Gasteiger partial charge is 0.286 e. The molecule has 2 aromatic heterocycles. The molecule has 8 heteroatoms. The average Bonchev–Trinajstić information content (AvgIpc) is 3.30. The summed E-state index contributed by atoms with van der Waals surface area (Å²) in [4.78, 5) is 24.3. The number of rotatable bonds is 6. The second kappa shape index (κ2) is 7.52. The van der Waals surface area contributed by atoms with Crippen LogP contribution in [-0.4, -0.2) is 54.3 Å². The van der Waals surface area contributed by atoms with Crippen LogP contribution in [0.15, 0.2) is 28.9 Å². The average molecular weight is 345 g/mol. The summed E-state index contributed by atoms with van der Waals surface area (Å²) < 4.78 is 5.55. The Morgan fingerprint density at radius 1 is 1.48 bits per heavy atom. The monoisotopic (exact) mass is 345 g/mol. The first-order chi connectivity index (χ1) is 12.1. The van der Waals surface area contributed by atoms with Gasteiger partial charge in [0, 0.05) is 26.7 Å². The Morgan fingerprint density at radius 3 is 3.08 bits per heavy atom. The normalized spacial score (nSPS) is 16.9. The van der Waals surface area contributed by atoms with E-state index in [1.807, 2.05) is 18.0 Å². The summed E-state index contributed by atoms with van der Waals surface area (Å²) in [6.45, 7) is 1.50. The maximum Gasteiger partial charge on any atom is 0.286 e. The van der Waals surface area contributed by atoms with E-state index in [1.165, 1.54) is 6.33 Å². The molecule has 2 aromatic rings. The molecule has 1 aliphatic rings. The maximum absolute atomic E-state index is 11.6. The van der Waals surface area contributed by atoms with Crippen LogP contribution >= 0.6 is 0 Å². The van der Waals surface area contributed by atoms with Crippen LogP contribution in [0, 0.1) is 0 Å². The van der Waals surface area contributed by atoms with E-state index in [0.29, 0.717) is 12.3 Å². The molecule has 134 valence electrons. The van der Waals surface area contributed by atoms with Crippen molar-refractivity contribution in [2.24, 2.45) is 0 Å². The highest BCUT2D eigenvalue weighted by Crippen LogP contribution is 2.26. The Kier molecular flexibility index (Phi) is 5.18. The van der Waals surface area contributed by atoms with Gasteiger partial charge in [0.05, 0.1) is 19.2 Å². The molecule has 0 spiro atoms. The topological polar surface area (TPSA) is 94.7 Å². The Hall–Kier alpha value is -2.61. The highest BCUT2D eigenvalue weighted by atomic mass is 16.4. The highest BCUT2D eigenvalue weighted by Gasteiger charge is 2.25. The van der Waals surface area contributed by atoms with Gasteiger partial charge in [-0.1, -0.05) is 0 Å². The molecule has 1 fully saturated rings. The van der Waals surface area contributed by atoms with E-state index < -0.39 is 0 Å². The fourth-order valence-electron chi connectivity index (χ4n) is 3.05. The minimum absolute atomic E-state index is 0.119. The van der Waals surface area contributed by atoms with E-state index in [2.05, 4.69) is 20.2 Å². The summed E-state index contributed by atoms with van der Waals surface area (Å²) in [5, 5.41) is 12.0. The molecule has 1 amide bonds. The molecule has 0 aliphatic carbocycles. The van der Waals surface area contributed by atoms with Crippen LogP contribution in [0.4, 0.5) is 11.6 Å². The van der Waals surface area contributed by atoms with E-state index in [0.717, 1.165) is 31.0 Å². The molecule has 1 unspecified atom stereocenters. The summed E-state index contributed by atoms with van der Waals surface area (Å²) in [6.07, 6.45) is 3.56. The number of nitrogens with zero attached hydrogens (tertiary/aromatic N) is 4. The third kappa shape index (κ3) is 3.74. The van der Waals surface area contributed by atoms with Gasteiger partial charge in [0.25, 0.3) is 5.91 Å². The van der Waals surface area contributed by atoms with Crippen molar-refractivity contribution in [1.29, 1.82) is 0 Å². The van der Waals surface area contributed by atoms with Crippen LogP contribution in [0.25, 0.3) is 0 Å². The van der Waals surface area contributed by atoms with Gasteiger partial charge >= 0.3 is 0 Å². The van der Waals surface area contributed by atoms with Crippen LogP contribution in [-0.2, 0) is 6.54 Å². The molecule has 3 rings (SSSR count). The summed E-state index contributed by atoms with van der Waals surface area (Å²) in [7, 11) is 3.47. The summed E-state index contributed by atoms with van der Waals surface area (Å²) in [5.41, 5.74) is 0. The molecular formula is C17H23N5O3. The van der Waals surface area contributed by atoms with Crippen molar-refractivity contribution in [2.45, 2.75) is 25.4 Å². The molecule has 1 aliphatic heterocycles. The van der Waals surface area contributed by atoms with Crippen LogP contribution in [0.5, 0.6) is 0 Å². The van der Waals surface area contributed by atoms with E-state index in [9.17, 15) is 9.90 Å². The van der Waals surface area contributed by atoms with Gasteiger partial charge in [-0.05, 0) is 25.0 Å². The number of amides is 1. The summed E-state index contributed by atoms with van der Waals surface area (Å²) >= 11 is 0. The van der Waals surface area contributed by atoms with E-state index in [4.69, 9.17) is 4.42 Å². The fraction of sp³-hybridized carbons (Fsp3) is 0.471. The molecular weight excluding hydrogens is 322 g/mol. The second-order valence-electron chi connectivity index (χ2n) is 6.11. The number of aliphatic hydroxyl groups excluding tert-OH is 1. The number of hydrogen-bond donors (Lipinski definition) is 2. The van der Waals surface area contributed by atoms with Gasteiger partial charge in [-0.2, -0.15) is 0 Å². The van der Waals surface area contributed by atoms with Crippen LogP contribution in [0.1, 0.15) is 29.2 Å². The van der Waals surface area contributed by atoms with Crippen molar-refractivity contribution in [3.05, 3.63) is 36.0 Å². The first-order valence-electron chi connectivity index (χ1n) is 8.34. The molecule has 0 radical (unpaired) electrons. The van der Waals surface area contributed by atoms with E-state index in [-0.39, 0.29) is 24.3 Å². The SMILES string of the molecule is CNC(=O)c1ccc(CN(C)c2cc(N3CCCC3CO)ncn2)o1. The number of anilines is 2. The zero-order valence-corrected chi connectivity index (χ0v) is 14.5. The lowest BCUT2D eigenvalue weighted by atomic mass is 10.2. The number of hydrogen-bond acceptors (Lipinski definition) is 7. The van der Waals surface area contributed by atoms with Gasteiger partial charge in [-0.3, -0.25) is 4.79 Å². The molecule has 2 N–H and O–H groups in total. The molecule has 0 bridgehead atoms. The predicted molar refractivity (Wildman–Crippen MR) is 93.7 cm³/mol. The van der Waals surface area contributed by atoms with Gasteiger partial charge in [-0.15, -0.1) is 0 Å². The van der Waals surface area contributed by atoms with Crippen molar-refractivity contribution < 1.29 is 14.3 Å². The Balaban J connectivity index is 1.72. The van der Waals surface area contributed by atoms with Crippen molar-refractivity contribution in [3.63, 3.8) is 0 Å².